The van der Waals surface area contributed by atoms with E-state index >= 15 is 0 Å². The third kappa shape index (κ3) is 6.69. The summed E-state index contributed by atoms with van der Waals surface area (Å²) in [6.45, 7) is 15.5. The fraction of sp³-hybridized carbons (Fsp3) is 1.00. The van der Waals surface area contributed by atoms with E-state index in [9.17, 15) is 0 Å². The highest BCUT2D eigenvalue weighted by Gasteiger charge is 2.34. The molecule has 0 saturated heterocycles. The molecule has 0 heterocycles. The summed E-state index contributed by atoms with van der Waals surface area (Å²) in [5.41, 5.74) is 6.90. The van der Waals surface area contributed by atoms with Gasteiger partial charge in [-0.1, -0.05) is 47.5 Å². The summed E-state index contributed by atoms with van der Waals surface area (Å²) in [5.74, 6) is 1.55. The molecule has 0 aromatic rings. The van der Waals surface area contributed by atoms with Crippen molar-refractivity contribution in [2.75, 3.05) is 19.6 Å². The van der Waals surface area contributed by atoms with Gasteiger partial charge in [0.05, 0.1) is 0 Å². The third-order valence-corrected chi connectivity index (χ3v) is 5.41. The Morgan fingerprint density at radius 2 is 1.57 bits per heavy atom. The van der Waals surface area contributed by atoms with Crippen LogP contribution >= 0.6 is 0 Å². The van der Waals surface area contributed by atoms with Crippen LogP contribution in [0, 0.1) is 17.3 Å². The lowest BCUT2D eigenvalue weighted by atomic mass is 9.67. The molecule has 1 aliphatic carbocycles. The Balaban J connectivity index is 2.57. The molecule has 1 rings (SSSR count). The first-order valence-electron chi connectivity index (χ1n) is 9.36. The van der Waals surface area contributed by atoms with Crippen molar-refractivity contribution < 1.29 is 0 Å². The van der Waals surface area contributed by atoms with E-state index < -0.39 is 0 Å². The highest BCUT2D eigenvalue weighted by Crippen LogP contribution is 2.40. The molecule has 0 aliphatic heterocycles. The van der Waals surface area contributed by atoms with Crippen LogP contribution in [0.25, 0.3) is 0 Å². The van der Waals surface area contributed by atoms with Crippen LogP contribution in [0.1, 0.15) is 79.6 Å². The fourth-order valence-corrected chi connectivity index (χ4v) is 3.67. The lowest BCUT2D eigenvalue weighted by molar-refractivity contribution is 0.0979. The summed E-state index contributed by atoms with van der Waals surface area (Å²) in [6, 6.07) is 0.425. The Morgan fingerprint density at radius 1 is 1.00 bits per heavy atom. The summed E-state index contributed by atoms with van der Waals surface area (Å²) in [5, 5.41) is 0. The molecule has 126 valence electrons. The van der Waals surface area contributed by atoms with Gasteiger partial charge in [-0.15, -0.1) is 0 Å². The summed E-state index contributed by atoms with van der Waals surface area (Å²) in [7, 11) is 0. The Morgan fingerprint density at radius 3 is 2.05 bits per heavy atom. The molecule has 3 unspecified atom stereocenters. The van der Waals surface area contributed by atoms with E-state index in [1.807, 2.05) is 0 Å². The Kier molecular flexibility index (Phi) is 8.26. The average molecular weight is 297 g/mol. The molecule has 1 fully saturated rings. The van der Waals surface area contributed by atoms with Crippen molar-refractivity contribution in [2.45, 2.75) is 85.6 Å². The zero-order valence-electron chi connectivity index (χ0n) is 15.3. The van der Waals surface area contributed by atoms with Crippen LogP contribution in [-0.2, 0) is 0 Å². The maximum Gasteiger partial charge on any atom is 0.00795 e. The molecular formula is C19H40N2. The third-order valence-electron chi connectivity index (χ3n) is 5.41. The summed E-state index contributed by atoms with van der Waals surface area (Å²) < 4.78 is 0. The van der Waals surface area contributed by atoms with Crippen LogP contribution in [0.4, 0.5) is 0 Å². The van der Waals surface area contributed by atoms with Gasteiger partial charge in [0.2, 0.25) is 0 Å². The van der Waals surface area contributed by atoms with E-state index in [-0.39, 0.29) is 0 Å². The maximum absolute atomic E-state index is 6.46. The average Bonchev–Trinajstić information content (AvgIpc) is 2.42. The molecule has 0 radical (unpaired) electrons. The maximum atomic E-state index is 6.46. The van der Waals surface area contributed by atoms with Gasteiger partial charge in [0, 0.05) is 12.6 Å². The standard InChI is InChI=1S/C19H40N2/c1-6-8-12-21(13-9-7-2)15-16-14-17(19(3,4)5)10-11-18(16)20/h16-18H,6-15,20H2,1-5H3. The van der Waals surface area contributed by atoms with E-state index in [1.54, 1.807) is 0 Å². The molecule has 2 nitrogen and oxygen atoms in total. The lowest BCUT2D eigenvalue weighted by Crippen LogP contribution is -2.45. The Labute approximate surface area is 133 Å². The molecule has 21 heavy (non-hydrogen) atoms. The minimum Gasteiger partial charge on any atom is -0.327 e. The van der Waals surface area contributed by atoms with E-state index in [0.717, 1.165) is 5.92 Å². The van der Waals surface area contributed by atoms with E-state index in [2.05, 4.69) is 39.5 Å². The normalized spacial score (nSPS) is 27.3. The Hall–Kier alpha value is -0.0800. The first-order chi connectivity index (χ1) is 9.88. The number of hydrogen-bond acceptors (Lipinski definition) is 2. The molecule has 2 heteroatoms. The molecule has 0 aromatic carbocycles. The van der Waals surface area contributed by atoms with Crippen LogP contribution in [0.2, 0.25) is 0 Å². The topological polar surface area (TPSA) is 29.3 Å². The van der Waals surface area contributed by atoms with Gasteiger partial charge in [0.1, 0.15) is 0 Å². The summed E-state index contributed by atoms with van der Waals surface area (Å²) >= 11 is 0. The van der Waals surface area contributed by atoms with Crippen molar-refractivity contribution in [3.05, 3.63) is 0 Å². The molecule has 1 aliphatic rings. The molecule has 0 aromatic heterocycles. The molecule has 0 spiro atoms. The van der Waals surface area contributed by atoms with Crippen LogP contribution in [0.15, 0.2) is 0 Å². The van der Waals surface area contributed by atoms with Gasteiger partial charge < -0.3 is 10.6 Å². The first-order valence-corrected chi connectivity index (χ1v) is 9.36. The fourth-order valence-electron chi connectivity index (χ4n) is 3.67. The van der Waals surface area contributed by atoms with Gasteiger partial charge in [-0.05, 0) is 62.4 Å². The van der Waals surface area contributed by atoms with E-state index in [4.69, 9.17) is 5.73 Å². The number of nitrogens with two attached hydrogens (primary N) is 1. The molecule has 1 saturated carbocycles. The number of nitrogens with zero attached hydrogens (tertiary/aromatic N) is 1. The minimum atomic E-state index is 0.425. The minimum absolute atomic E-state index is 0.425. The van der Waals surface area contributed by atoms with Crippen LogP contribution in [0.5, 0.6) is 0 Å². The lowest BCUT2D eigenvalue weighted by Gasteiger charge is -2.42. The second-order valence-corrected chi connectivity index (χ2v) is 8.31. The number of unbranched alkanes of at least 4 members (excludes halogenated alkanes) is 2. The molecule has 0 bridgehead atoms. The molecule has 3 atom stereocenters. The van der Waals surface area contributed by atoms with Gasteiger partial charge in [-0.25, -0.2) is 0 Å². The van der Waals surface area contributed by atoms with Crippen molar-refractivity contribution in [3.63, 3.8) is 0 Å². The van der Waals surface area contributed by atoms with E-state index in [0.29, 0.717) is 17.4 Å². The van der Waals surface area contributed by atoms with Crippen molar-refractivity contribution in [1.29, 1.82) is 0 Å². The van der Waals surface area contributed by atoms with Crippen molar-refractivity contribution in [3.8, 4) is 0 Å². The predicted molar refractivity (Wildman–Crippen MR) is 94.5 cm³/mol. The van der Waals surface area contributed by atoms with Gasteiger partial charge in [-0.3, -0.25) is 0 Å². The first kappa shape index (κ1) is 19.0. The summed E-state index contributed by atoms with van der Waals surface area (Å²) in [6.07, 6.45) is 9.13. The van der Waals surface area contributed by atoms with Crippen molar-refractivity contribution in [1.82, 2.24) is 4.90 Å². The van der Waals surface area contributed by atoms with E-state index in [1.165, 1.54) is 64.6 Å². The highest BCUT2D eigenvalue weighted by atomic mass is 15.1. The highest BCUT2D eigenvalue weighted by molar-refractivity contribution is 4.88. The van der Waals surface area contributed by atoms with Crippen molar-refractivity contribution in [2.24, 2.45) is 23.0 Å². The molecule has 0 amide bonds. The molecular weight excluding hydrogens is 256 g/mol. The second-order valence-electron chi connectivity index (χ2n) is 8.31. The second kappa shape index (κ2) is 9.15. The van der Waals surface area contributed by atoms with Crippen LogP contribution in [0.3, 0.4) is 0 Å². The molecule has 2 N–H and O–H groups in total. The Bertz CT molecular complexity index is 261. The van der Waals surface area contributed by atoms with Crippen LogP contribution in [-0.4, -0.2) is 30.6 Å². The SMILES string of the molecule is CCCCN(CCCC)CC1CC(C(C)(C)C)CCC1N. The smallest absolute Gasteiger partial charge is 0.00795 e. The zero-order chi connectivity index (χ0) is 15.9. The monoisotopic (exact) mass is 296 g/mol. The number of rotatable bonds is 8. The number of hydrogen-bond donors (Lipinski definition) is 1. The quantitative estimate of drug-likeness (QED) is 0.705. The van der Waals surface area contributed by atoms with Gasteiger partial charge >= 0.3 is 0 Å². The van der Waals surface area contributed by atoms with Crippen molar-refractivity contribution >= 4 is 0 Å². The predicted octanol–water partition coefficient (Wildman–Crippen LogP) is 4.68. The van der Waals surface area contributed by atoms with Crippen LogP contribution < -0.4 is 5.73 Å². The summed E-state index contributed by atoms with van der Waals surface area (Å²) in [4.78, 5) is 2.70. The van der Waals surface area contributed by atoms with Gasteiger partial charge in [0.15, 0.2) is 0 Å². The van der Waals surface area contributed by atoms with Gasteiger partial charge in [-0.2, -0.15) is 0 Å². The van der Waals surface area contributed by atoms with Gasteiger partial charge in [0.25, 0.3) is 0 Å². The zero-order valence-corrected chi connectivity index (χ0v) is 15.3. The largest absolute Gasteiger partial charge is 0.327 e.